The zero-order valence-electron chi connectivity index (χ0n) is 8.59. The van der Waals surface area contributed by atoms with Gasteiger partial charge < -0.3 is 0 Å². The van der Waals surface area contributed by atoms with E-state index in [2.05, 4.69) is 11.7 Å². The van der Waals surface area contributed by atoms with Crippen molar-refractivity contribution in [2.45, 2.75) is 6.54 Å². The summed E-state index contributed by atoms with van der Waals surface area (Å²) in [4.78, 5) is 23.4. The minimum Gasteiger partial charge on any atom is -0.246 e. The zero-order valence-corrected chi connectivity index (χ0v) is 8.59. The third-order valence-electron chi connectivity index (χ3n) is 2.18. The second-order valence-corrected chi connectivity index (χ2v) is 3.27. The maximum atomic E-state index is 11.8. The summed E-state index contributed by atoms with van der Waals surface area (Å²) in [6.45, 7) is 3.80. The van der Waals surface area contributed by atoms with Crippen molar-refractivity contribution in [1.82, 2.24) is 14.3 Å². The first-order chi connectivity index (χ1) is 7.74. The Kier molecular flexibility index (Phi) is 2.59. The number of aromatic amines is 1. The Morgan fingerprint density at radius 2 is 1.94 bits per heavy atom. The van der Waals surface area contributed by atoms with E-state index < -0.39 is 11.4 Å². The van der Waals surface area contributed by atoms with Crippen LogP contribution in [0.25, 0.3) is 5.69 Å². The summed E-state index contributed by atoms with van der Waals surface area (Å²) in [6, 6.07) is 8.77. The molecule has 1 aromatic carbocycles. The van der Waals surface area contributed by atoms with Crippen LogP contribution < -0.4 is 11.4 Å². The van der Waals surface area contributed by atoms with Crippen LogP contribution in [0.1, 0.15) is 0 Å². The van der Waals surface area contributed by atoms with Gasteiger partial charge in [0, 0.05) is 0 Å². The normalized spacial score (nSPS) is 10.2. The van der Waals surface area contributed by atoms with Crippen LogP contribution in [0.4, 0.5) is 0 Å². The number of benzene rings is 1. The smallest absolute Gasteiger partial charge is 0.246 e. The molecular formula is C11H11N3O2. The fourth-order valence-electron chi connectivity index (χ4n) is 1.48. The Hall–Kier alpha value is -2.30. The quantitative estimate of drug-likeness (QED) is 0.762. The number of hydrogen-bond donors (Lipinski definition) is 1. The summed E-state index contributed by atoms with van der Waals surface area (Å²) in [5, 5.41) is 2.45. The zero-order chi connectivity index (χ0) is 11.5. The van der Waals surface area contributed by atoms with E-state index in [0.29, 0.717) is 5.69 Å². The molecule has 0 aliphatic heterocycles. The van der Waals surface area contributed by atoms with Crippen LogP contribution in [-0.2, 0) is 6.54 Å². The van der Waals surface area contributed by atoms with Gasteiger partial charge in [0.25, 0.3) is 0 Å². The number of aromatic nitrogens is 3. The van der Waals surface area contributed by atoms with Crippen molar-refractivity contribution in [3.05, 3.63) is 64.0 Å². The molecule has 0 saturated carbocycles. The molecule has 1 N–H and O–H groups in total. The van der Waals surface area contributed by atoms with Crippen LogP contribution in [0.3, 0.4) is 0 Å². The maximum absolute atomic E-state index is 11.8. The van der Waals surface area contributed by atoms with Gasteiger partial charge in [-0.2, -0.15) is 0 Å². The van der Waals surface area contributed by atoms with Gasteiger partial charge in [0.2, 0.25) is 0 Å². The topological polar surface area (TPSA) is 59.8 Å². The number of para-hydroxylation sites is 1. The van der Waals surface area contributed by atoms with E-state index in [1.54, 1.807) is 30.3 Å². The highest BCUT2D eigenvalue weighted by atomic mass is 16.2. The lowest BCUT2D eigenvalue weighted by molar-refractivity contribution is 0.664. The van der Waals surface area contributed by atoms with Gasteiger partial charge in [0.1, 0.15) is 0 Å². The molecule has 2 aromatic rings. The Morgan fingerprint density at radius 3 is 2.56 bits per heavy atom. The van der Waals surface area contributed by atoms with Crippen molar-refractivity contribution in [2.24, 2.45) is 0 Å². The molecular weight excluding hydrogens is 206 g/mol. The molecule has 0 fully saturated rings. The first kappa shape index (κ1) is 10.2. The van der Waals surface area contributed by atoms with E-state index in [0.717, 1.165) is 4.57 Å². The van der Waals surface area contributed by atoms with Crippen molar-refractivity contribution in [2.75, 3.05) is 0 Å². The van der Waals surface area contributed by atoms with E-state index in [4.69, 9.17) is 0 Å². The first-order valence-electron chi connectivity index (χ1n) is 4.82. The van der Waals surface area contributed by atoms with E-state index in [9.17, 15) is 9.59 Å². The maximum Gasteiger partial charge on any atom is 0.351 e. The molecule has 1 aromatic heterocycles. The van der Waals surface area contributed by atoms with Crippen molar-refractivity contribution in [3.8, 4) is 5.69 Å². The molecule has 16 heavy (non-hydrogen) atoms. The van der Waals surface area contributed by atoms with Gasteiger partial charge in [0.15, 0.2) is 0 Å². The predicted molar refractivity (Wildman–Crippen MR) is 60.8 cm³/mol. The number of nitrogens with zero attached hydrogens (tertiary/aromatic N) is 2. The number of hydrogen-bond acceptors (Lipinski definition) is 2. The molecule has 0 bridgehead atoms. The number of allylic oxidation sites excluding steroid dienone is 1. The minimum absolute atomic E-state index is 0.286. The van der Waals surface area contributed by atoms with Crippen LogP contribution in [0.2, 0.25) is 0 Å². The van der Waals surface area contributed by atoms with Crippen LogP contribution >= 0.6 is 0 Å². The largest absolute Gasteiger partial charge is 0.351 e. The van der Waals surface area contributed by atoms with Gasteiger partial charge in [0.05, 0.1) is 12.2 Å². The molecule has 0 aliphatic rings. The summed E-state index contributed by atoms with van der Waals surface area (Å²) in [5.41, 5.74) is -0.286. The highest BCUT2D eigenvalue weighted by molar-refractivity contribution is 5.30. The Morgan fingerprint density at radius 1 is 1.25 bits per heavy atom. The monoisotopic (exact) mass is 217 g/mol. The lowest BCUT2D eigenvalue weighted by atomic mass is 10.3. The van der Waals surface area contributed by atoms with Crippen LogP contribution in [0.15, 0.2) is 52.6 Å². The highest BCUT2D eigenvalue weighted by Gasteiger charge is 2.08. The summed E-state index contributed by atoms with van der Waals surface area (Å²) in [6.07, 6.45) is 1.55. The Labute approximate surface area is 91.3 Å². The molecule has 0 aliphatic carbocycles. The molecule has 1 heterocycles. The highest BCUT2D eigenvalue weighted by Crippen LogP contribution is 1.99. The average Bonchev–Trinajstić information content (AvgIpc) is 2.56. The van der Waals surface area contributed by atoms with Gasteiger partial charge in [-0.25, -0.2) is 23.9 Å². The lowest BCUT2D eigenvalue weighted by Gasteiger charge is -1.97. The Balaban J connectivity index is 2.63. The van der Waals surface area contributed by atoms with Crippen molar-refractivity contribution >= 4 is 0 Å². The molecule has 5 heteroatoms. The van der Waals surface area contributed by atoms with Crippen molar-refractivity contribution in [3.63, 3.8) is 0 Å². The molecule has 0 amide bonds. The molecule has 0 saturated heterocycles. The molecule has 82 valence electrons. The summed E-state index contributed by atoms with van der Waals surface area (Å²) < 4.78 is 2.30. The number of nitrogens with one attached hydrogen (secondary N) is 1. The van der Waals surface area contributed by atoms with E-state index in [1.165, 1.54) is 4.68 Å². The minimum atomic E-state index is -0.446. The van der Waals surface area contributed by atoms with Gasteiger partial charge in [-0.05, 0) is 12.1 Å². The SMILES string of the molecule is C=CCn1[nH]c(=O)n(-c2ccccc2)c1=O. The average molecular weight is 217 g/mol. The van der Waals surface area contributed by atoms with Gasteiger partial charge >= 0.3 is 11.4 Å². The molecule has 2 rings (SSSR count). The number of rotatable bonds is 3. The van der Waals surface area contributed by atoms with E-state index >= 15 is 0 Å². The molecule has 5 nitrogen and oxygen atoms in total. The van der Waals surface area contributed by atoms with E-state index in [-0.39, 0.29) is 6.54 Å². The van der Waals surface area contributed by atoms with Crippen LogP contribution in [0.5, 0.6) is 0 Å². The first-order valence-corrected chi connectivity index (χ1v) is 4.82. The van der Waals surface area contributed by atoms with Gasteiger partial charge in [-0.1, -0.05) is 24.3 Å². The van der Waals surface area contributed by atoms with Gasteiger partial charge in [-0.15, -0.1) is 6.58 Å². The van der Waals surface area contributed by atoms with Gasteiger partial charge in [-0.3, -0.25) is 0 Å². The predicted octanol–water partition coefficient (Wildman–Crippen LogP) is 0.513. The van der Waals surface area contributed by atoms with Crippen LogP contribution in [0, 0.1) is 0 Å². The fourth-order valence-corrected chi connectivity index (χ4v) is 1.48. The summed E-state index contributed by atoms with van der Waals surface area (Å²) in [5.74, 6) is 0. The summed E-state index contributed by atoms with van der Waals surface area (Å²) >= 11 is 0. The Bertz CT molecular complexity index is 604. The summed E-state index contributed by atoms with van der Waals surface area (Å²) in [7, 11) is 0. The second kappa shape index (κ2) is 4.06. The lowest BCUT2D eigenvalue weighted by Crippen LogP contribution is -2.27. The van der Waals surface area contributed by atoms with Crippen LogP contribution in [-0.4, -0.2) is 14.3 Å². The molecule has 0 spiro atoms. The van der Waals surface area contributed by atoms with E-state index in [1.807, 2.05) is 6.07 Å². The standard InChI is InChI=1S/C11H11N3O2/c1-2-8-13-11(16)14(10(15)12-13)9-6-4-3-5-7-9/h2-7H,1,8H2,(H,12,15). The molecule has 0 radical (unpaired) electrons. The second-order valence-electron chi connectivity index (χ2n) is 3.27. The fraction of sp³-hybridized carbons (Fsp3) is 0.0909. The molecule has 0 atom stereocenters. The third-order valence-corrected chi connectivity index (χ3v) is 2.18. The van der Waals surface area contributed by atoms with Crippen molar-refractivity contribution in [1.29, 1.82) is 0 Å². The number of H-pyrrole nitrogens is 1. The van der Waals surface area contributed by atoms with Crippen molar-refractivity contribution < 1.29 is 0 Å². The molecule has 0 unspecified atom stereocenters. The third kappa shape index (κ3) is 1.63.